The van der Waals surface area contributed by atoms with E-state index in [0.717, 1.165) is 41.6 Å². The number of aromatic nitrogens is 4. The van der Waals surface area contributed by atoms with E-state index in [9.17, 15) is 0 Å². The average molecular weight is 295 g/mol. The van der Waals surface area contributed by atoms with Gasteiger partial charge in [0.1, 0.15) is 11.3 Å². The molecule has 4 nitrogen and oxygen atoms in total. The van der Waals surface area contributed by atoms with Gasteiger partial charge in [-0.15, -0.1) is 11.6 Å². The Labute approximate surface area is 125 Å². The highest BCUT2D eigenvalue weighted by Crippen LogP contribution is 2.31. The van der Waals surface area contributed by atoms with Crippen LogP contribution in [0.15, 0.2) is 0 Å². The SMILES string of the molecule is CCc1nn(C)c2c1nc(C(C)Cl)n2CC1CCCC1. The fraction of sp³-hybridized carbons (Fsp3) is 0.733. The van der Waals surface area contributed by atoms with Gasteiger partial charge >= 0.3 is 0 Å². The number of hydrogen-bond acceptors (Lipinski definition) is 2. The molecule has 20 heavy (non-hydrogen) atoms. The van der Waals surface area contributed by atoms with E-state index in [1.54, 1.807) is 0 Å². The Morgan fingerprint density at radius 2 is 2.05 bits per heavy atom. The first-order valence-electron chi connectivity index (χ1n) is 7.67. The van der Waals surface area contributed by atoms with Gasteiger partial charge in [0.05, 0.1) is 11.1 Å². The van der Waals surface area contributed by atoms with Crippen LogP contribution >= 0.6 is 11.6 Å². The Bertz CT molecular complexity index is 605. The quantitative estimate of drug-likeness (QED) is 0.804. The number of rotatable bonds is 4. The molecule has 0 saturated heterocycles. The molecular weight excluding hydrogens is 272 g/mol. The lowest BCUT2D eigenvalue weighted by Crippen LogP contribution is -2.13. The Morgan fingerprint density at radius 3 is 2.65 bits per heavy atom. The van der Waals surface area contributed by atoms with E-state index in [-0.39, 0.29) is 5.38 Å². The van der Waals surface area contributed by atoms with Crippen molar-refractivity contribution in [2.75, 3.05) is 0 Å². The van der Waals surface area contributed by atoms with Gasteiger partial charge in [-0.05, 0) is 32.1 Å². The van der Waals surface area contributed by atoms with Gasteiger partial charge in [-0.2, -0.15) is 5.10 Å². The molecule has 1 saturated carbocycles. The van der Waals surface area contributed by atoms with E-state index in [1.165, 1.54) is 25.7 Å². The Morgan fingerprint density at radius 1 is 1.35 bits per heavy atom. The largest absolute Gasteiger partial charge is 0.311 e. The number of nitrogens with zero attached hydrogens (tertiary/aromatic N) is 4. The lowest BCUT2D eigenvalue weighted by Gasteiger charge is -2.15. The minimum atomic E-state index is -0.0616. The first-order valence-corrected chi connectivity index (χ1v) is 8.11. The van der Waals surface area contributed by atoms with Crippen molar-refractivity contribution >= 4 is 22.8 Å². The second-order valence-electron chi connectivity index (χ2n) is 5.94. The second-order valence-corrected chi connectivity index (χ2v) is 6.60. The predicted molar refractivity (Wildman–Crippen MR) is 82.1 cm³/mol. The highest BCUT2D eigenvalue weighted by atomic mass is 35.5. The van der Waals surface area contributed by atoms with Crippen molar-refractivity contribution in [2.45, 2.75) is 57.9 Å². The third kappa shape index (κ3) is 2.24. The maximum atomic E-state index is 6.36. The topological polar surface area (TPSA) is 35.6 Å². The van der Waals surface area contributed by atoms with E-state index < -0.39 is 0 Å². The summed E-state index contributed by atoms with van der Waals surface area (Å²) in [6.45, 7) is 5.17. The number of imidazole rings is 1. The fourth-order valence-corrected chi connectivity index (χ4v) is 3.60. The lowest BCUT2D eigenvalue weighted by molar-refractivity contribution is 0.449. The molecule has 0 N–H and O–H groups in total. The normalized spacial score (nSPS) is 18.2. The van der Waals surface area contributed by atoms with Crippen LogP contribution in [-0.2, 0) is 20.0 Å². The van der Waals surface area contributed by atoms with E-state index in [2.05, 4.69) is 16.6 Å². The number of fused-ring (bicyclic) bond motifs is 1. The molecule has 1 atom stereocenters. The summed E-state index contributed by atoms with van der Waals surface area (Å²) >= 11 is 6.36. The molecule has 2 heterocycles. The van der Waals surface area contributed by atoms with Crippen molar-refractivity contribution in [2.24, 2.45) is 13.0 Å². The molecule has 1 unspecified atom stereocenters. The highest BCUT2D eigenvalue weighted by molar-refractivity contribution is 6.20. The summed E-state index contributed by atoms with van der Waals surface area (Å²) < 4.78 is 4.29. The van der Waals surface area contributed by atoms with Gasteiger partial charge in [-0.3, -0.25) is 4.68 Å². The maximum absolute atomic E-state index is 6.36. The average Bonchev–Trinajstić information content (AvgIpc) is 3.08. The molecule has 0 bridgehead atoms. The molecule has 0 aromatic carbocycles. The number of aryl methyl sites for hydroxylation is 2. The van der Waals surface area contributed by atoms with Gasteiger partial charge in [0, 0.05) is 13.6 Å². The Hall–Kier alpha value is -1.03. The molecule has 5 heteroatoms. The van der Waals surface area contributed by atoms with Crippen LogP contribution in [-0.4, -0.2) is 19.3 Å². The van der Waals surface area contributed by atoms with Crippen LogP contribution in [0.5, 0.6) is 0 Å². The van der Waals surface area contributed by atoms with Crippen LogP contribution in [0.3, 0.4) is 0 Å². The van der Waals surface area contributed by atoms with E-state index in [1.807, 2.05) is 18.7 Å². The molecule has 0 radical (unpaired) electrons. The molecule has 0 spiro atoms. The predicted octanol–water partition coefficient (Wildman–Crippen LogP) is 3.82. The first-order chi connectivity index (χ1) is 9.61. The van der Waals surface area contributed by atoms with Gasteiger partial charge in [0.25, 0.3) is 0 Å². The van der Waals surface area contributed by atoms with Gasteiger partial charge in [0.2, 0.25) is 0 Å². The van der Waals surface area contributed by atoms with Crippen molar-refractivity contribution < 1.29 is 0 Å². The molecule has 2 aromatic heterocycles. The Kier molecular flexibility index (Phi) is 3.76. The minimum Gasteiger partial charge on any atom is -0.311 e. The van der Waals surface area contributed by atoms with E-state index in [0.29, 0.717) is 0 Å². The molecule has 0 aliphatic heterocycles. The molecule has 1 fully saturated rings. The minimum absolute atomic E-state index is 0.0616. The zero-order valence-corrected chi connectivity index (χ0v) is 13.3. The zero-order chi connectivity index (χ0) is 14.3. The highest BCUT2D eigenvalue weighted by Gasteiger charge is 2.24. The van der Waals surface area contributed by atoms with Crippen LogP contribution in [0, 0.1) is 5.92 Å². The molecule has 1 aliphatic rings. The molecule has 2 aromatic rings. The maximum Gasteiger partial charge on any atom is 0.158 e. The summed E-state index contributed by atoms with van der Waals surface area (Å²) in [6.07, 6.45) is 6.29. The monoisotopic (exact) mass is 294 g/mol. The van der Waals surface area contributed by atoms with Crippen LogP contribution in [0.25, 0.3) is 11.2 Å². The molecule has 1 aliphatic carbocycles. The molecule has 110 valence electrons. The van der Waals surface area contributed by atoms with Gasteiger partial charge < -0.3 is 4.57 Å². The van der Waals surface area contributed by atoms with Crippen molar-refractivity contribution in [1.29, 1.82) is 0 Å². The van der Waals surface area contributed by atoms with Gasteiger partial charge in [-0.1, -0.05) is 19.8 Å². The second kappa shape index (κ2) is 5.40. The van der Waals surface area contributed by atoms with Gasteiger partial charge in [-0.25, -0.2) is 4.98 Å². The van der Waals surface area contributed by atoms with Crippen LogP contribution < -0.4 is 0 Å². The fourth-order valence-electron chi connectivity index (χ4n) is 3.43. The third-order valence-corrected chi connectivity index (χ3v) is 4.62. The number of alkyl halides is 1. The molecular formula is C15H23ClN4. The standard InChI is InChI=1S/C15H23ClN4/c1-4-12-13-15(19(3)18-12)20(14(17-13)10(2)16)9-11-7-5-6-8-11/h10-11H,4-9H2,1-3H3. The van der Waals surface area contributed by atoms with Crippen LogP contribution in [0.2, 0.25) is 0 Å². The number of halogens is 1. The van der Waals surface area contributed by atoms with Crippen molar-refractivity contribution in [3.8, 4) is 0 Å². The summed E-state index contributed by atoms with van der Waals surface area (Å²) in [7, 11) is 2.01. The molecule has 3 rings (SSSR count). The van der Waals surface area contributed by atoms with E-state index >= 15 is 0 Å². The summed E-state index contributed by atoms with van der Waals surface area (Å²) in [5.74, 6) is 1.76. The van der Waals surface area contributed by atoms with E-state index in [4.69, 9.17) is 16.6 Å². The zero-order valence-electron chi connectivity index (χ0n) is 12.6. The number of hydrogen-bond donors (Lipinski definition) is 0. The van der Waals surface area contributed by atoms with Gasteiger partial charge in [0.15, 0.2) is 5.65 Å². The van der Waals surface area contributed by atoms with Crippen molar-refractivity contribution in [1.82, 2.24) is 19.3 Å². The van der Waals surface area contributed by atoms with Crippen LogP contribution in [0.4, 0.5) is 0 Å². The Balaban J connectivity index is 2.10. The van der Waals surface area contributed by atoms with Crippen LogP contribution in [0.1, 0.15) is 56.4 Å². The summed E-state index contributed by atoms with van der Waals surface area (Å²) in [5, 5.41) is 4.53. The third-order valence-electron chi connectivity index (χ3n) is 4.43. The summed E-state index contributed by atoms with van der Waals surface area (Å²) in [5.41, 5.74) is 3.25. The first kappa shape index (κ1) is 13.9. The molecule has 0 amide bonds. The summed E-state index contributed by atoms with van der Waals surface area (Å²) in [4.78, 5) is 4.79. The summed E-state index contributed by atoms with van der Waals surface area (Å²) in [6, 6.07) is 0. The van der Waals surface area contributed by atoms with Crippen molar-refractivity contribution in [3.05, 3.63) is 11.5 Å². The van der Waals surface area contributed by atoms with Crippen molar-refractivity contribution in [3.63, 3.8) is 0 Å². The smallest absolute Gasteiger partial charge is 0.158 e. The lowest BCUT2D eigenvalue weighted by atomic mass is 10.1.